The van der Waals surface area contributed by atoms with Gasteiger partial charge in [-0.05, 0) is 0 Å². The van der Waals surface area contributed by atoms with Crippen molar-refractivity contribution in [3.8, 4) is 0 Å². The third-order valence-electron chi connectivity index (χ3n) is 0.607. The van der Waals surface area contributed by atoms with Crippen LogP contribution in [0, 0.1) is 0 Å². The molecule has 0 atom stereocenters. The molecule has 0 unspecified atom stereocenters. The van der Waals surface area contributed by atoms with Gasteiger partial charge in [-0.25, -0.2) is 0 Å². The second-order valence-electron chi connectivity index (χ2n) is 1.08. The average Bonchev–Trinajstić information content (AvgIpc) is 1.72. The number of allylic oxidation sites excluding steroid dienone is 3. The molecule has 1 aliphatic rings. The molecule has 0 radical (unpaired) electrons. The molecular weight excluding hydrogens is 267 g/mol. The van der Waals surface area contributed by atoms with E-state index in [1.807, 2.05) is 0 Å². The Morgan fingerprint density at radius 2 is 2.00 bits per heavy atom. The van der Waals surface area contributed by atoms with Crippen LogP contribution in [0.25, 0.3) is 0 Å². The fourth-order valence-electron chi connectivity index (χ4n) is 0.342. The Morgan fingerprint density at radius 3 is 2.17 bits per heavy atom. The van der Waals surface area contributed by atoms with Crippen LogP contribution in [0.4, 0.5) is 0 Å². The Balaban J connectivity index is 2.77. The van der Waals surface area contributed by atoms with Crippen molar-refractivity contribution in [2.24, 2.45) is 0 Å². The second-order valence-corrected chi connectivity index (χ2v) is 4.96. The van der Waals surface area contributed by atoms with Crippen LogP contribution in [-0.4, -0.2) is 27.3 Å². The van der Waals surface area contributed by atoms with Crippen molar-refractivity contribution in [2.75, 3.05) is 0 Å². The molecule has 0 N–H and O–H groups in total. The van der Waals surface area contributed by atoms with Crippen LogP contribution in [0.1, 0.15) is 0 Å². The average molecular weight is 272 g/mol. The van der Waals surface area contributed by atoms with Crippen molar-refractivity contribution in [2.45, 2.75) is 0 Å². The summed E-state index contributed by atoms with van der Waals surface area (Å²) >= 11 is -0.280. The Bertz CT molecular complexity index is 73.3. The summed E-state index contributed by atoms with van der Waals surface area (Å²) in [7, 11) is 0. The zero-order valence-electron chi connectivity index (χ0n) is 3.39. The molecule has 0 spiro atoms. The standard InChI is InChI=1S/C5H5.Pb/c1-3-5-4-2;/h1-5H;/q;-1. The van der Waals surface area contributed by atoms with Gasteiger partial charge in [0.15, 0.2) is 0 Å². The van der Waals surface area contributed by atoms with Crippen LogP contribution < -0.4 is 0 Å². The van der Waals surface area contributed by atoms with E-state index in [1.54, 1.807) is 0 Å². The minimum absolute atomic E-state index is 0.280. The molecule has 1 rings (SSSR count). The normalized spacial score (nSPS) is 16.0. The third-order valence-corrected chi connectivity index (χ3v) is 3.60. The van der Waals surface area contributed by atoms with E-state index in [0.717, 1.165) is 0 Å². The summed E-state index contributed by atoms with van der Waals surface area (Å²) in [6, 6.07) is 0. The molecule has 0 fully saturated rings. The summed E-state index contributed by atoms with van der Waals surface area (Å²) in [6.45, 7) is 0. The molecule has 1 heteroatoms. The second kappa shape index (κ2) is 2.45. The van der Waals surface area contributed by atoms with E-state index in [4.69, 9.17) is 0 Å². The van der Waals surface area contributed by atoms with Gasteiger partial charge in [0.05, 0.1) is 0 Å². The zero-order valence-corrected chi connectivity index (χ0v) is 7.27. The Labute approximate surface area is 49.2 Å². The third kappa shape index (κ3) is 1.16. The predicted octanol–water partition coefficient (Wildman–Crippen LogP) is 0.576. The number of rotatable bonds is 0. The molecule has 0 aromatic heterocycles. The van der Waals surface area contributed by atoms with E-state index in [0.29, 0.717) is 0 Å². The van der Waals surface area contributed by atoms with Gasteiger partial charge in [0, 0.05) is 0 Å². The first kappa shape index (κ1) is 4.43. The molecule has 0 amide bonds. The maximum absolute atomic E-state index is 2.32. The zero-order chi connectivity index (χ0) is 4.24. The molecule has 0 nitrogen and oxygen atoms in total. The Hall–Kier alpha value is 0.272. The van der Waals surface area contributed by atoms with Crippen molar-refractivity contribution in [3.05, 3.63) is 21.9 Å². The summed E-state index contributed by atoms with van der Waals surface area (Å²) in [5.74, 6) is 0. The van der Waals surface area contributed by atoms with Gasteiger partial charge in [-0.15, -0.1) is 0 Å². The first-order valence-corrected chi connectivity index (χ1v) is 6.40. The monoisotopic (exact) mass is 273 g/mol. The summed E-state index contributed by atoms with van der Waals surface area (Å²) in [5.41, 5.74) is 0. The molecule has 0 saturated carbocycles. The molecule has 30 valence electrons. The van der Waals surface area contributed by atoms with Gasteiger partial charge in [0.1, 0.15) is 0 Å². The SMILES string of the molecule is C1=C[CH]=[Pb-][CH]=C1. The molecule has 0 aromatic rings. The first-order chi connectivity index (χ1) is 3.00. The fraction of sp³-hybridized carbons (Fsp3) is 0. The van der Waals surface area contributed by atoms with Gasteiger partial charge >= 0.3 is 49.2 Å². The number of hydrogen-bond donors (Lipinski definition) is 0. The van der Waals surface area contributed by atoms with Crippen molar-refractivity contribution in [1.82, 2.24) is 0 Å². The van der Waals surface area contributed by atoms with Crippen LogP contribution in [0.2, 0.25) is 0 Å². The van der Waals surface area contributed by atoms with Gasteiger partial charge < -0.3 is 0 Å². The molecule has 1 aliphatic heterocycles. The molecule has 0 saturated heterocycles. The Kier molecular flexibility index (Phi) is 1.81. The minimum atomic E-state index is -0.280. The van der Waals surface area contributed by atoms with E-state index in [-0.39, 0.29) is 23.7 Å². The van der Waals surface area contributed by atoms with Crippen molar-refractivity contribution < 1.29 is 0 Å². The maximum atomic E-state index is 2.32. The van der Waals surface area contributed by atoms with E-state index < -0.39 is 0 Å². The molecule has 1 heterocycles. The first-order valence-electron chi connectivity index (χ1n) is 1.91. The quantitative estimate of drug-likeness (QED) is 0.566. The summed E-state index contributed by atoms with van der Waals surface area (Å²) in [4.78, 5) is 0. The van der Waals surface area contributed by atoms with Crippen LogP contribution in [-0.2, 0) is 0 Å². The topological polar surface area (TPSA) is 0 Å². The van der Waals surface area contributed by atoms with Crippen LogP contribution >= 0.6 is 0 Å². The van der Waals surface area contributed by atoms with Crippen LogP contribution in [0.15, 0.2) is 21.9 Å². The Morgan fingerprint density at radius 1 is 1.00 bits per heavy atom. The molecule has 0 aromatic carbocycles. The summed E-state index contributed by atoms with van der Waals surface area (Å²) in [5, 5.41) is 0. The fourth-order valence-corrected chi connectivity index (χ4v) is 2.50. The van der Waals surface area contributed by atoms with E-state index >= 15 is 0 Å². The number of hydrogen-bond acceptors (Lipinski definition) is 0. The van der Waals surface area contributed by atoms with Gasteiger partial charge in [-0.1, -0.05) is 0 Å². The van der Waals surface area contributed by atoms with Crippen molar-refractivity contribution in [1.29, 1.82) is 0 Å². The molecular formula is C5H5Pb-. The molecule has 6 heavy (non-hydrogen) atoms. The van der Waals surface area contributed by atoms with Crippen LogP contribution in [0.5, 0.6) is 0 Å². The van der Waals surface area contributed by atoms with E-state index in [2.05, 4.69) is 25.4 Å². The van der Waals surface area contributed by atoms with Crippen molar-refractivity contribution in [3.63, 3.8) is 0 Å². The van der Waals surface area contributed by atoms with Gasteiger partial charge in [-0.3, -0.25) is 0 Å². The van der Waals surface area contributed by atoms with E-state index in [9.17, 15) is 0 Å². The van der Waals surface area contributed by atoms with Crippen molar-refractivity contribution >= 4 is 27.3 Å². The summed E-state index contributed by atoms with van der Waals surface area (Å²) < 4.78 is 4.64. The van der Waals surface area contributed by atoms with Gasteiger partial charge in [-0.2, -0.15) is 0 Å². The van der Waals surface area contributed by atoms with Gasteiger partial charge in [0.2, 0.25) is 0 Å². The predicted molar refractivity (Wildman–Crippen MR) is 30.1 cm³/mol. The van der Waals surface area contributed by atoms with Crippen LogP contribution in [0.3, 0.4) is 0 Å². The summed E-state index contributed by atoms with van der Waals surface area (Å²) in [6.07, 6.45) is 6.36. The van der Waals surface area contributed by atoms with E-state index in [1.165, 1.54) is 0 Å². The van der Waals surface area contributed by atoms with Gasteiger partial charge in [0.25, 0.3) is 0 Å². The molecule has 0 bridgehead atoms. The molecule has 0 aliphatic carbocycles.